The second-order valence-corrected chi connectivity index (χ2v) is 1.96. The first kappa shape index (κ1) is 8.47. The molecule has 1 rings (SSSR count). The molecular weight excluding hydrogens is 164 g/mol. The van der Waals surface area contributed by atoms with Gasteiger partial charge in [-0.25, -0.2) is 8.78 Å². The first-order chi connectivity index (χ1) is 5.72. The summed E-state index contributed by atoms with van der Waals surface area (Å²) in [5.41, 5.74) is 0. The standard InChI is InChI=1S/C8H4F2NO/c9-6-3-7(10)5-8(4-6)12-2-1-11/h3-4H,2H2. The fourth-order valence-corrected chi connectivity index (χ4v) is 0.666. The van der Waals surface area contributed by atoms with Crippen LogP contribution in [0, 0.1) is 29.0 Å². The van der Waals surface area contributed by atoms with Gasteiger partial charge in [-0.15, -0.1) is 0 Å². The maximum absolute atomic E-state index is 12.4. The Balaban J connectivity index is 2.80. The van der Waals surface area contributed by atoms with Crippen LogP contribution in [0.5, 0.6) is 5.75 Å². The monoisotopic (exact) mass is 168 g/mol. The van der Waals surface area contributed by atoms with Gasteiger partial charge in [-0.05, 0) is 0 Å². The largest absolute Gasteiger partial charge is 0.478 e. The molecule has 0 spiro atoms. The molecule has 0 aromatic heterocycles. The van der Waals surface area contributed by atoms with Crippen molar-refractivity contribution in [2.75, 3.05) is 6.61 Å². The number of hydrogen-bond donors (Lipinski definition) is 0. The van der Waals surface area contributed by atoms with Crippen molar-refractivity contribution < 1.29 is 13.5 Å². The van der Waals surface area contributed by atoms with E-state index in [1.807, 2.05) is 0 Å². The van der Waals surface area contributed by atoms with Crippen molar-refractivity contribution in [3.8, 4) is 11.8 Å². The van der Waals surface area contributed by atoms with E-state index in [9.17, 15) is 8.78 Å². The average molecular weight is 168 g/mol. The minimum absolute atomic E-state index is 0.103. The lowest BCUT2D eigenvalue weighted by Gasteiger charge is -1.99. The lowest BCUT2D eigenvalue weighted by atomic mass is 10.3. The smallest absolute Gasteiger partial charge is 0.174 e. The molecule has 12 heavy (non-hydrogen) atoms. The van der Waals surface area contributed by atoms with Gasteiger partial charge in [0.15, 0.2) is 6.61 Å². The molecule has 0 bridgehead atoms. The normalized spacial score (nSPS) is 9.08. The van der Waals surface area contributed by atoms with Gasteiger partial charge >= 0.3 is 0 Å². The molecule has 0 fully saturated rings. The molecule has 0 N–H and O–H groups in total. The molecule has 0 saturated heterocycles. The van der Waals surface area contributed by atoms with Crippen LogP contribution in [0.4, 0.5) is 8.78 Å². The van der Waals surface area contributed by atoms with Crippen molar-refractivity contribution in [3.63, 3.8) is 0 Å². The third-order valence-electron chi connectivity index (χ3n) is 1.07. The quantitative estimate of drug-likeness (QED) is 0.672. The highest BCUT2D eigenvalue weighted by atomic mass is 19.1. The number of halogens is 2. The summed E-state index contributed by atoms with van der Waals surface area (Å²) >= 11 is 0. The number of rotatable bonds is 2. The van der Waals surface area contributed by atoms with Gasteiger partial charge in [0.25, 0.3) is 0 Å². The zero-order valence-corrected chi connectivity index (χ0v) is 5.97. The maximum atomic E-state index is 12.4. The number of nitrogens with zero attached hydrogens (tertiary/aromatic N) is 1. The summed E-state index contributed by atoms with van der Waals surface area (Å²) in [6, 6.07) is 5.41. The van der Waals surface area contributed by atoms with Crippen LogP contribution in [0.2, 0.25) is 0 Å². The van der Waals surface area contributed by atoms with E-state index in [0.29, 0.717) is 6.07 Å². The van der Waals surface area contributed by atoms with Gasteiger partial charge in [-0.2, -0.15) is 5.26 Å². The van der Waals surface area contributed by atoms with Crippen LogP contribution in [0.1, 0.15) is 0 Å². The van der Waals surface area contributed by atoms with E-state index >= 15 is 0 Å². The molecule has 1 aromatic carbocycles. The SMILES string of the molecule is N#CCOc1[c]c(F)cc(F)c1. The van der Waals surface area contributed by atoms with Crippen molar-refractivity contribution in [1.29, 1.82) is 5.26 Å². The van der Waals surface area contributed by atoms with Gasteiger partial charge < -0.3 is 4.74 Å². The van der Waals surface area contributed by atoms with Crippen LogP contribution in [0.3, 0.4) is 0 Å². The summed E-state index contributed by atoms with van der Waals surface area (Å²) in [4.78, 5) is 0. The lowest BCUT2D eigenvalue weighted by Crippen LogP contribution is -1.94. The van der Waals surface area contributed by atoms with Gasteiger partial charge in [0, 0.05) is 12.1 Å². The van der Waals surface area contributed by atoms with Crippen molar-refractivity contribution in [2.24, 2.45) is 0 Å². The van der Waals surface area contributed by atoms with E-state index < -0.39 is 11.6 Å². The molecule has 0 aliphatic rings. The minimum Gasteiger partial charge on any atom is -0.478 e. The van der Waals surface area contributed by atoms with Crippen LogP contribution in [-0.2, 0) is 0 Å². The summed E-state index contributed by atoms with van der Waals surface area (Å²) in [5, 5.41) is 8.09. The molecule has 1 radical (unpaired) electrons. The number of nitriles is 1. The molecule has 0 saturated carbocycles. The van der Waals surface area contributed by atoms with Crippen LogP contribution in [-0.4, -0.2) is 6.61 Å². The van der Waals surface area contributed by atoms with Gasteiger partial charge in [0.2, 0.25) is 0 Å². The molecule has 0 aliphatic heterocycles. The third-order valence-corrected chi connectivity index (χ3v) is 1.07. The highest BCUT2D eigenvalue weighted by molar-refractivity contribution is 5.22. The molecule has 61 valence electrons. The van der Waals surface area contributed by atoms with Crippen molar-refractivity contribution in [1.82, 2.24) is 0 Å². The summed E-state index contributed by atoms with van der Waals surface area (Å²) < 4.78 is 29.4. The highest BCUT2D eigenvalue weighted by Gasteiger charge is 2.00. The van der Waals surface area contributed by atoms with Crippen molar-refractivity contribution in [3.05, 3.63) is 29.8 Å². The maximum Gasteiger partial charge on any atom is 0.174 e. The second-order valence-electron chi connectivity index (χ2n) is 1.96. The number of benzene rings is 1. The Morgan fingerprint density at radius 3 is 2.83 bits per heavy atom. The van der Waals surface area contributed by atoms with Gasteiger partial charge in [-0.3, -0.25) is 0 Å². The third kappa shape index (κ3) is 2.20. The summed E-state index contributed by atoms with van der Waals surface area (Å²) in [6.45, 7) is -0.251. The van der Waals surface area contributed by atoms with Gasteiger partial charge in [0.1, 0.15) is 23.5 Å². The van der Waals surface area contributed by atoms with E-state index in [-0.39, 0.29) is 12.4 Å². The molecule has 2 nitrogen and oxygen atoms in total. The Labute approximate surface area is 68.0 Å². The Morgan fingerprint density at radius 2 is 2.25 bits per heavy atom. The minimum atomic E-state index is -0.845. The fourth-order valence-electron chi connectivity index (χ4n) is 0.666. The Morgan fingerprint density at radius 1 is 1.50 bits per heavy atom. The highest BCUT2D eigenvalue weighted by Crippen LogP contribution is 2.13. The molecule has 1 aromatic rings. The van der Waals surface area contributed by atoms with E-state index in [1.54, 1.807) is 6.07 Å². The molecule has 4 heteroatoms. The van der Waals surface area contributed by atoms with E-state index in [4.69, 9.17) is 5.26 Å². The van der Waals surface area contributed by atoms with Crippen LogP contribution in [0.15, 0.2) is 12.1 Å². The van der Waals surface area contributed by atoms with Crippen LogP contribution < -0.4 is 4.74 Å². The first-order valence-electron chi connectivity index (χ1n) is 3.10. The second kappa shape index (κ2) is 3.67. The van der Waals surface area contributed by atoms with E-state index in [2.05, 4.69) is 10.8 Å². The summed E-state index contributed by atoms with van der Waals surface area (Å²) in [6.07, 6.45) is 0. The Hall–Kier alpha value is -1.63. The molecule has 0 heterocycles. The molecule has 0 amide bonds. The molecule has 0 aliphatic carbocycles. The summed E-state index contributed by atoms with van der Waals surface area (Å²) in [5.74, 6) is -1.70. The predicted molar refractivity (Wildman–Crippen MR) is 36.3 cm³/mol. The molecule has 0 unspecified atom stereocenters. The first-order valence-corrected chi connectivity index (χ1v) is 3.10. The number of hydrogen-bond acceptors (Lipinski definition) is 2. The van der Waals surface area contributed by atoms with Gasteiger partial charge in [0.05, 0.1) is 6.07 Å². The Kier molecular flexibility index (Phi) is 2.59. The zero-order valence-electron chi connectivity index (χ0n) is 5.97. The molecular formula is C8H4F2NO. The van der Waals surface area contributed by atoms with E-state index in [0.717, 1.165) is 6.07 Å². The average Bonchev–Trinajstić information content (AvgIpc) is 1.99. The van der Waals surface area contributed by atoms with Crippen molar-refractivity contribution >= 4 is 0 Å². The van der Waals surface area contributed by atoms with Crippen LogP contribution in [0.25, 0.3) is 0 Å². The van der Waals surface area contributed by atoms with Crippen LogP contribution >= 0.6 is 0 Å². The van der Waals surface area contributed by atoms with Crippen molar-refractivity contribution in [2.45, 2.75) is 0 Å². The predicted octanol–water partition coefficient (Wildman–Crippen LogP) is 1.67. The lowest BCUT2D eigenvalue weighted by molar-refractivity contribution is 0.361. The molecule has 0 atom stereocenters. The van der Waals surface area contributed by atoms with Gasteiger partial charge in [-0.1, -0.05) is 0 Å². The summed E-state index contributed by atoms with van der Waals surface area (Å²) in [7, 11) is 0. The van der Waals surface area contributed by atoms with E-state index in [1.165, 1.54) is 0 Å². The topological polar surface area (TPSA) is 33.0 Å². The Bertz CT molecular complexity index is 299. The zero-order chi connectivity index (χ0) is 8.97. The fraction of sp³-hybridized carbons (Fsp3) is 0.125. The number of ether oxygens (including phenoxy) is 1.